The minimum Gasteiger partial charge on any atom is -0.472 e. The highest BCUT2D eigenvalue weighted by atomic mass is 16.3. The first-order valence-electron chi connectivity index (χ1n) is 5.95. The summed E-state index contributed by atoms with van der Waals surface area (Å²) in [6, 6.07) is 1.98. The molecule has 0 aromatic carbocycles. The fourth-order valence-electron chi connectivity index (χ4n) is 1.65. The van der Waals surface area contributed by atoms with Gasteiger partial charge in [-0.25, -0.2) is 0 Å². The van der Waals surface area contributed by atoms with Gasteiger partial charge in [-0.1, -0.05) is 11.1 Å². The highest BCUT2D eigenvalue weighted by Gasteiger charge is 1.98. The maximum absolute atomic E-state index is 11.5. The van der Waals surface area contributed by atoms with Gasteiger partial charge in [0.15, 0.2) is 5.78 Å². The molecule has 92 valence electrons. The molecule has 0 aliphatic carbocycles. The summed E-state index contributed by atoms with van der Waals surface area (Å²) in [4.78, 5) is 11.5. The Morgan fingerprint density at radius 1 is 1.29 bits per heavy atom. The van der Waals surface area contributed by atoms with E-state index in [9.17, 15) is 4.79 Å². The molecule has 0 radical (unpaired) electrons. The molecule has 0 saturated heterocycles. The molecule has 0 atom stereocenters. The van der Waals surface area contributed by atoms with Crippen LogP contribution < -0.4 is 0 Å². The van der Waals surface area contributed by atoms with E-state index in [4.69, 9.17) is 4.42 Å². The van der Waals surface area contributed by atoms with Crippen LogP contribution >= 0.6 is 0 Å². The molecule has 0 fully saturated rings. The number of rotatable bonds is 6. The largest absolute Gasteiger partial charge is 0.472 e. The lowest BCUT2D eigenvalue weighted by Crippen LogP contribution is -1.91. The Labute approximate surface area is 103 Å². The molecular formula is C15H20O2. The van der Waals surface area contributed by atoms with E-state index in [0.717, 1.165) is 30.4 Å². The summed E-state index contributed by atoms with van der Waals surface area (Å²) in [5.74, 6) is 0.0887. The van der Waals surface area contributed by atoms with Crippen molar-refractivity contribution in [1.29, 1.82) is 0 Å². The normalized spacial score (nSPS) is 11.4. The number of hydrogen-bond acceptors (Lipinski definition) is 2. The SMILES string of the molecule is CC(C)=CC(=O)/C=C(\C)CCCc1ccoc1. The van der Waals surface area contributed by atoms with Crippen LogP contribution in [0.15, 0.2) is 46.3 Å². The molecule has 0 aliphatic heterocycles. The topological polar surface area (TPSA) is 30.2 Å². The van der Waals surface area contributed by atoms with Crippen LogP contribution in [0.3, 0.4) is 0 Å². The van der Waals surface area contributed by atoms with E-state index >= 15 is 0 Å². The van der Waals surface area contributed by atoms with E-state index in [0.29, 0.717) is 0 Å². The second-order valence-electron chi connectivity index (χ2n) is 4.60. The lowest BCUT2D eigenvalue weighted by atomic mass is 10.1. The summed E-state index contributed by atoms with van der Waals surface area (Å²) >= 11 is 0. The third-order valence-electron chi connectivity index (χ3n) is 2.44. The van der Waals surface area contributed by atoms with Gasteiger partial charge < -0.3 is 4.42 Å². The molecule has 0 aliphatic rings. The van der Waals surface area contributed by atoms with Crippen LogP contribution in [0.4, 0.5) is 0 Å². The van der Waals surface area contributed by atoms with Crippen LogP contribution in [0.25, 0.3) is 0 Å². The van der Waals surface area contributed by atoms with Gasteiger partial charge in [0.25, 0.3) is 0 Å². The molecule has 0 bridgehead atoms. The van der Waals surface area contributed by atoms with Gasteiger partial charge in [0, 0.05) is 0 Å². The Hall–Kier alpha value is -1.57. The Balaban J connectivity index is 2.34. The summed E-state index contributed by atoms with van der Waals surface area (Å²) < 4.78 is 5.00. The number of ketones is 1. The van der Waals surface area contributed by atoms with E-state index in [1.165, 1.54) is 5.56 Å². The molecule has 0 unspecified atom stereocenters. The van der Waals surface area contributed by atoms with Crippen LogP contribution in [0, 0.1) is 0 Å². The van der Waals surface area contributed by atoms with Crippen molar-refractivity contribution < 1.29 is 9.21 Å². The molecule has 0 spiro atoms. The standard InChI is InChI=1S/C15H20O2/c1-12(2)9-15(16)10-13(3)5-4-6-14-7-8-17-11-14/h7-11H,4-6H2,1-3H3/b13-10+. The predicted molar refractivity (Wildman–Crippen MR) is 69.8 cm³/mol. The first-order chi connectivity index (χ1) is 8.08. The molecule has 1 rings (SSSR count). The summed E-state index contributed by atoms with van der Waals surface area (Å²) in [6.45, 7) is 5.87. The third kappa shape index (κ3) is 5.91. The Kier molecular flexibility index (Phi) is 5.47. The summed E-state index contributed by atoms with van der Waals surface area (Å²) in [7, 11) is 0. The molecular weight excluding hydrogens is 212 g/mol. The first-order valence-corrected chi connectivity index (χ1v) is 5.95. The highest BCUT2D eigenvalue weighted by Crippen LogP contribution is 2.10. The summed E-state index contributed by atoms with van der Waals surface area (Å²) in [5.41, 5.74) is 3.39. The van der Waals surface area contributed by atoms with Gasteiger partial charge in [-0.2, -0.15) is 0 Å². The quantitative estimate of drug-likeness (QED) is 0.692. The number of hydrogen-bond donors (Lipinski definition) is 0. The van der Waals surface area contributed by atoms with Crippen LogP contribution in [0.2, 0.25) is 0 Å². The van der Waals surface area contributed by atoms with Gasteiger partial charge in [-0.05, 0) is 63.8 Å². The molecule has 1 aromatic rings. The van der Waals surface area contributed by atoms with Crippen molar-refractivity contribution in [3.05, 3.63) is 47.5 Å². The summed E-state index contributed by atoms with van der Waals surface area (Å²) in [5, 5.41) is 0. The number of allylic oxidation sites excluding steroid dienone is 4. The number of carbonyl (C=O) groups is 1. The zero-order valence-electron chi connectivity index (χ0n) is 10.8. The van der Waals surface area contributed by atoms with Crippen molar-refractivity contribution in [3.63, 3.8) is 0 Å². The molecule has 2 heteroatoms. The zero-order valence-corrected chi connectivity index (χ0v) is 10.8. The average molecular weight is 232 g/mol. The second-order valence-corrected chi connectivity index (χ2v) is 4.60. The molecule has 0 amide bonds. The van der Waals surface area contributed by atoms with Crippen molar-refractivity contribution in [2.75, 3.05) is 0 Å². The molecule has 1 heterocycles. The Bertz CT molecular complexity index is 404. The van der Waals surface area contributed by atoms with Crippen LogP contribution in [-0.2, 0) is 11.2 Å². The number of furan rings is 1. The minimum absolute atomic E-state index is 0.0887. The fourth-order valence-corrected chi connectivity index (χ4v) is 1.65. The van der Waals surface area contributed by atoms with E-state index in [-0.39, 0.29) is 5.78 Å². The smallest absolute Gasteiger partial charge is 0.178 e. The van der Waals surface area contributed by atoms with Gasteiger partial charge in [-0.3, -0.25) is 4.79 Å². The Morgan fingerprint density at radius 3 is 2.65 bits per heavy atom. The molecule has 17 heavy (non-hydrogen) atoms. The first kappa shape index (κ1) is 13.5. The van der Waals surface area contributed by atoms with Crippen LogP contribution in [0.5, 0.6) is 0 Å². The number of aryl methyl sites for hydroxylation is 1. The van der Waals surface area contributed by atoms with Crippen molar-refractivity contribution in [1.82, 2.24) is 0 Å². The van der Waals surface area contributed by atoms with Crippen molar-refractivity contribution in [2.24, 2.45) is 0 Å². The van der Waals surface area contributed by atoms with Gasteiger partial charge in [0.1, 0.15) is 0 Å². The van der Waals surface area contributed by atoms with Crippen LogP contribution in [-0.4, -0.2) is 5.78 Å². The maximum Gasteiger partial charge on any atom is 0.178 e. The fraction of sp³-hybridized carbons (Fsp3) is 0.400. The van der Waals surface area contributed by atoms with E-state index in [2.05, 4.69) is 0 Å². The van der Waals surface area contributed by atoms with Crippen LogP contribution in [0.1, 0.15) is 39.2 Å². The average Bonchev–Trinajstić information content (AvgIpc) is 2.68. The third-order valence-corrected chi connectivity index (χ3v) is 2.44. The van der Waals surface area contributed by atoms with E-state index < -0.39 is 0 Å². The summed E-state index contributed by atoms with van der Waals surface area (Å²) in [6.07, 6.45) is 9.85. The van der Waals surface area contributed by atoms with Crippen molar-refractivity contribution in [3.8, 4) is 0 Å². The number of carbonyl (C=O) groups excluding carboxylic acids is 1. The Morgan fingerprint density at radius 2 is 2.06 bits per heavy atom. The van der Waals surface area contributed by atoms with Gasteiger partial charge in [0.2, 0.25) is 0 Å². The zero-order chi connectivity index (χ0) is 12.7. The van der Waals surface area contributed by atoms with Crippen molar-refractivity contribution >= 4 is 5.78 Å². The van der Waals surface area contributed by atoms with Gasteiger partial charge in [-0.15, -0.1) is 0 Å². The predicted octanol–water partition coefficient (Wildman–Crippen LogP) is 4.08. The lowest BCUT2D eigenvalue weighted by Gasteiger charge is -1.99. The lowest BCUT2D eigenvalue weighted by molar-refractivity contribution is -0.110. The van der Waals surface area contributed by atoms with Gasteiger partial charge >= 0.3 is 0 Å². The second kappa shape index (κ2) is 6.89. The van der Waals surface area contributed by atoms with Crippen molar-refractivity contribution in [2.45, 2.75) is 40.0 Å². The molecule has 0 saturated carbocycles. The van der Waals surface area contributed by atoms with E-state index in [1.807, 2.05) is 26.8 Å². The monoisotopic (exact) mass is 232 g/mol. The molecule has 1 aromatic heterocycles. The highest BCUT2D eigenvalue weighted by molar-refractivity contribution is 5.99. The minimum atomic E-state index is 0.0887. The van der Waals surface area contributed by atoms with Gasteiger partial charge in [0.05, 0.1) is 12.5 Å². The molecule has 0 N–H and O–H groups in total. The molecule has 2 nitrogen and oxygen atoms in total. The maximum atomic E-state index is 11.5. The van der Waals surface area contributed by atoms with E-state index in [1.54, 1.807) is 24.7 Å².